The molecule has 1 saturated heterocycles. The van der Waals surface area contributed by atoms with Gasteiger partial charge in [0.2, 0.25) is 6.10 Å². The van der Waals surface area contributed by atoms with Crippen LogP contribution in [0.3, 0.4) is 0 Å². The molecule has 0 bridgehead atoms. The van der Waals surface area contributed by atoms with Crippen LogP contribution in [-0.4, -0.2) is 49.0 Å². The van der Waals surface area contributed by atoms with Crippen molar-refractivity contribution in [2.75, 3.05) is 20.5 Å². The first kappa shape index (κ1) is 27.5. The van der Waals surface area contributed by atoms with Crippen LogP contribution in [0.4, 0.5) is 0 Å². The maximum Gasteiger partial charge on any atom is 0.339 e. The minimum Gasteiger partial charge on any atom is -0.464 e. The summed E-state index contributed by atoms with van der Waals surface area (Å²) in [5.41, 5.74) is 0. The Morgan fingerprint density at radius 1 is 0.900 bits per heavy atom. The van der Waals surface area contributed by atoms with E-state index in [1.165, 1.54) is 71.3 Å². The van der Waals surface area contributed by atoms with E-state index < -0.39 is 35.6 Å². The minimum absolute atomic E-state index is 0.0744. The largest absolute Gasteiger partial charge is 0.464 e. The first-order valence-corrected chi connectivity index (χ1v) is 12.7. The summed E-state index contributed by atoms with van der Waals surface area (Å²) in [5, 5.41) is 0. The first-order valence-electron chi connectivity index (χ1n) is 11.7. The molecule has 0 saturated carbocycles. The van der Waals surface area contributed by atoms with Crippen molar-refractivity contribution in [3.8, 4) is 0 Å². The molecule has 0 aromatic heterocycles. The van der Waals surface area contributed by atoms with Gasteiger partial charge < -0.3 is 14.2 Å². The van der Waals surface area contributed by atoms with E-state index in [9.17, 15) is 9.00 Å². The van der Waals surface area contributed by atoms with Crippen molar-refractivity contribution in [1.82, 2.24) is 0 Å². The average molecular weight is 451 g/mol. The third-order valence-corrected chi connectivity index (χ3v) is 6.04. The second-order valence-electron chi connectivity index (χ2n) is 7.82. The lowest BCUT2D eigenvalue weighted by Crippen LogP contribution is -2.42. The standard InChI is InChI=1S/C22H42O7S/c1-4-6-7-8-9-10-11-12-13-14-15-16-17-19(27-18-25-3)20-21(22(23)26-5-2)29-30(24)28-20/h19-21H,4-18H2,1-3H3/t19-,20-,21+,30?/m1/s1. The van der Waals surface area contributed by atoms with Crippen molar-refractivity contribution in [3.05, 3.63) is 0 Å². The van der Waals surface area contributed by atoms with Crippen LogP contribution in [0.2, 0.25) is 0 Å². The summed E-state index contributed by atoms with van der Waals surface area (Å²) in [4.78, 5) is 12.1. The Balaban J connectivity index is 2.26. The Morgan fingerprint density at radius 2 is 1.47 bits per heavy atom. The van der Waals surface area contributed by atoms with Gasteiger partial charge in [0.05, 0.1) is 12.7 Å². The number of ether oxygens (including phenoxy) is 3. The summed E-state index contributed by atoms with van der Waals surface area (Å²) in [6.07, 6.45) is 13.7. The Kier molecular flexibility index (Phi) is 16.6. The van der Waals surface area contributed by atoms with E-state index in [0.29, 0.717) is 6.42 Å². The molecule has 8 heteroatoms. The molecule has 178 valence electrons. The third kappa shape index (κ3) is 11.7. The van der Waals surface area contributed by atoms with Gasteiger partial charge >= 0.3 is 17.3 Å². The van der Waals surface area contributed by atoms with Crippen LogP contribution in [0, 0.1) is 0 Å². The normalized spacial score (nSPS) is 22.3. The molecule has 1 heterocycles. The molecule has 0 aromatic carbocycles. The first-order chi connectivity index (χ1) is 14.6. The molecule has 0 amide bonds. The fraction of sp³-hybridized carbons (Fsp3) is 0.955. The van der Waals surface area contributed by atoms with E-state index in [1.807, 2.05) is 0 Å². The predicted molar refractivity (Wildman–Crippen MR) is 117 cm³/mol. The van der Waals surface area contributed by atoms with E-state index in [0.717, 1.165) is 12.8 Å². The van der Waals surface area contributed by atoms with Crippen molar-refractivity contribution in [2.45, 2.75) is 116 Å². The summed E-state index contributed by atoms with van der Waals surface area (Å²) in [6.45, 7) is 4.26. The molecule has 30 heavy (non-hydrogen) atoms. The summed E-state index contributed by atoms with van der Waals surface area (Å²) in [7, 11) is 1.54. The molecule has 0 aromatic rings. The quantitative estimate of drug-likeness (QED) is 0.156. The molecule has 1 rings (SSSR count). The molecule has 0 radical (unpaired) electrons. The highest BCUT2D eigenvalue weighted by Crippen LogP contribution is 2.26. The molecular formula is C22H42O7S. The van der Waals surface area contributed by atoms with Gasteiger partial charge in [-0.15, -0.1) is 0 Å². The monoisotopic (exact) mass is 450 g/mol. The number of hydrogen-bond donors (Lipinski definition) is 0. The van der Waals surface area contributed by atoms with Crippen LogP contribution < -0.4 is 0 Å². The van der Waals surface area contributed by atoms with E-state index in [2.05, 4.69) is 6.92 Å². The Labute approximate surface area is 185 Å². The average Bonchev–Trinajstić information content (AvgIpc) is 3.13. The highest BCUT2D eigenvalue weighted by molar-refractivity contribution is 7.75. The van der Waals surface area contributed by atoms with Gasteiger partial charge in [0.25, 0.3) is 0 Å². The lowest BCUT2D eigenvalue weighted by molar-refractivity contribution is -0.159. The fourth-order valence-electron chi connectivity index (χ4n) is 3.64. The van der Waals surface area contributed by atoms with E-state index in [-0.39, 0.29) is 13.4 Å². The van der Waals surface area contributed by atoms with Crippen LogP contribution >= 0.6 is 0 Å². The van der Waals surface area contributed by atoms with Crippen LogP contribution in [0.25, 0.3) is 0 Å². The van der Waals surface area contributed by atoms with Gasteiger partial charge in [0.15, 0.2) is 0 Å². The molecule has 1 aliphatic rings. The molecule has 1 aliphatic heterocycles. The lowest BCUT2D eigenvalue weighted by Gasteiger charge is -2.24. The molecule has 0 N–H and O–H groups in total. The van der Waals surface area contributed by atoms with Gasteiger partial charge in [-0.25, -0.2) is 4.79 Å². The molecule has 1 unspecified atom stereocenters. The van der Waals surface area contributed by atoms with Crippen LogP contribution in [0.5, 0.6) is 0 Å². The third-order valence-electron chi connectivity index (χ3n) is 5.30. The van der Waals surface area contributed by atoms with Gasteiger partial charge in [-0.3, -0.25) is 8.37 Å². The maximum absolute atomic E-state index is 12.1. The van der Waals surface area contributed by atoms with Gasteiger partial charge in [0, 0.05) is 7.11 Å². The minimum atomic E-state index is -1.97. The molecule has 0 aliphatic carbocycles. The molecule has 7 nitrogen and oxygen atoms in total. The Bertz CT molecular complexity index is 461. The van der Waals surface area contributed by atoms with E-state index in [1.54, 1.807) is 6.92 Å². The zero-order chi connectivity index (χ0) is 22.0. The Hall–Kier alpha value is -0.540. The highest BCUT2D eigenvalue weighted by Gasteiger charge is 2.46. The van der Waals surface area contributed by atoms with Crippen molar-refractivity contribution in [2.24, 2.45) is 0 Å². The van der Waals surface area contributed by atoms with Crippen molar-refractivity contribution < 1.29 is 31.6 Å². The zero-order valence-corrected chi connectivity index (χ0v) is 19.9. The van der Waals surface area contributed by atoms with Crippen LogP contribution in [-0.2, 0) is 38.7 Å². The lowest BCUT2D eigenvalue weighted by atomic mass is 10.00. The summed E-state index contributed by atoms with van der Waals surface area (Å²) >= 11 is -1.97. The number of carbonyl (C=O) groups is 1. The Morgan fingerprint density at radius 3 is 2.00 bits per heavy atom. The number of unbranched alkanes of at least 4 members (excludes halogenated alkanes) is 11. The van der Waals surface area contributed by atoms with E-state index >= 15 is 0 Å². The zero-order valence-electron chi connectivity index (χ0n) is 19.1. The topological polar surface area (TPSA) is 80.3 Å². The second-order valence-corrected chi connectivity index (χ2v) is 8.62. The van der Waals surface area contributed by atoms with Gasteiger partial charge in [0.1, 0.15) is 12.9 Å². The van der Waals surface area contributed by atoms with Crippen molar-refractivity contribution in [1.29, 1.82) is 0 Å². The number of esters is 1. The predicted octanol–water partition coefficient (Wildman–Crippen LogP) is 4.99. The van der Waals surface area contributed by atoms with Crippen LogP contribution in [0.1, 0.15) is 97.3 Å². The van der Waals surface area contributed by atoms with Crippen LogP contribution in [0.15, 0.2) is 0 Å². The smallest absolute Gasteiger partial charge is 0.339 e. The molecule has 1 fully saturated rings. The summed E-state index contributed by atoms with van der Waals surface area (Å²) in [5.74, 6) is -0.575. The van der Waals surface area contributed by atoms with Gasteiger partial charge in [-0.1, -0.05) is 84.0 Å². The molecular weight excluding hydrogens is 408 g/mol. The number of methoxy groups -OCH3 is 1. The fourth-order valence-corrected chi connectivity index (χ4v) is 4.45. The number of rotatable bonds is 19. The van der Waals surface area contributed by atoms with E-state index in [4.69, 9.17) is 22.6 Å². The van der Waals surface area contributed by atoms with Crippen molar-refractivity contribution >= 4 is 17.3 Å². The van der Waals surface area contributed by atoms with Gasteiger partial charge in [-0.05, 0) is 13.3 Å². The summed E-state index contributed by atoms with van der Waals surface area (Å²) in [6, 6.07) is 0. The second kappa shape index (κ2) is 18.1. The molecule has 4 atom stereocenters. The number of carbonyl (C=O) groups excluding carboxylic acids is 1. The molecule has 0 spiro atoms. The SMILES string of the molecule is CCCCCCCCCCCCCC[C@@H](OCOC)[C@H]1OS(=O)O[C@@H]1C(=O)OCC. The maximum atomic E-state index is 12.1. The summed E-state index contributed by atoms with van der Waals surface area (Å²) < 4.78 is 37.9. The van der Waals surface area contributed by atoms with Gasteiger partial charge in [-0.2, -0.15) is 4.21 Å². The highest BCUT2D eigenvalue weighted by atomic mass is 32.2. The number of hydrogen-bond acceptors (Lipinski definition) is 7. The van der Waals surface area contributed by atoms with Crippen molar-refractivity contribution in [3.63, 3.8) is 0 Å².